The van der Waals surface area contributed by atoms with Crippen molar-refractivity contribution in [1.29, 1.82) is 0 Å². The molecule has 1 aliphatic carbocycles. The Kier molecular flexibility index (Phi) is 4.70. The molecule has 138 valence electrons. The van der Waals surface area contributed by atoms with Crippen LogP contribution in [0.15, 0.2) is 57.5 Å². The summed E-state index contributed by atoms with van der Waals surface area (Å²) < 4.78 is 11.7. The van der Waals surface area contributed by atoms with Gasteiger partial charge in [-0.1, -0.05) is 57.8 Å². The molecule has 27 heavy (non-hydrogen) atoms. The third kappa shape index (κ3) is 3.35. The molecule has 1 fully saturated rings. The largest absolute Gasteiger partial charge is 0.481 e. The van der Waals surface area contributed by atoms with Gasteiger partial charge in [0.05, 0.1) is 11.0 Å². The Balaban J connectivity index is 1.71. The van der Waals surface area contributed by atoms with Crippen molar-refractivity contribution in [2.45, 2.75) is 24.7 Å². The van der Waals surface area contributed by atoms with Gasteiger partial charge in [0.25, 0.3) is 5.89 Å². The van der Waals surface area contributed by atoms with E-state index in [1.165, 1.54) is 5.56 Å². The maximum atomic E-state index is 10.8. The molecular formula is C20H17BrN2O4. The second-order valence-corrected chi connectivity index (χ2v) is 7.46. The lowest BCUT2D eigenvalue weighted by atomic mass is 9.64. The van der Waals surface area contributed by atoms with E-state index in [-0.39, 0.29) is 5.41 Å². The third-order valence-electron chi connectivity index (χ3n) is 4.91. The van der Waals surface area contributed by atoms with Gasteiger partial charge >= 0.3 is 5.97 Å². The highest BCUT2D eigenvalue weighted by atomic mass is 79.9. The first kappa shape index (κ1) is 17.7. The summed E-state index contributed by atoms with van der Waals surface area (Å²) in [6, 6.07) is 15.4. The lowest BCUT2D eigenvalue weighted by molar-refractivity contribution is -0.139. The van der Waals surface area contributed by atoms with Crippen LogP contribution in [0, 0.1) is 0 Å². The van der Waals surface area contributed by atoms with Crippen molar-refractivity contribution >= 4 is 21.9 Å². The molecule has 1 N–H and O–H groups in total. The Labute approximate surface area is 164 Å². The maximum Gasteiger partial charge on any atom is 0.341 e. The molecule has 6 nitrogen and oxygen atoms in total. The SMILES string of the molecule is O=C(O)COc1ccc(Br)cc1-c1nc(C2(c3ccccc3)CCC2)no1. The Hall–Kier alpha value is -2.67. The van der Waals surface area contributed by atoms with Gasteiger partial charge in [-0.3, -0.25) is 0 Å². The molecule has 3 aromatic rings. The topological polar surface area (TPSA) is 85.5 Å². The number of carboxylic acid groups (broad SMARTS) is 1. The second-order valence-electron chi connectivity index (χ2n) is 6.55. The van der Waals surface area contributed by atoms with Crippen molar-refractivity contribution < 1.29 is 19.2 Å². The van der Waals surface area contributed by atoms with Crippen LogP contribution < -0.4 is 4.74 Å². The second kappa shape index (κ2) is 7.15. The molecule has 0 saturated heterocycles. The van der Waals surface area contributed by atoms with Gasteiger partial charge in [-0.15, -0.1) is 0 Å². The van der Waals surface area contributed by atoms with Crippen LogP contribution in [0.25, 0.3) is 11.5 Å². The number of carboxylic acids is 1. The summed E-state index contributed by atoms with van der Waals surface area (Å²) in [5.74, 6) is 0.304. The van der Waals surface area contributed by atoms with E-state index in [0.29, 0.717) is 23.0 Å². The molecule has 4 rings (SSSR count). The predicted octanol–water partition coefficient (Wildman–Crippen LogP) is 4.43. The van der Waals surface area contributed by atoms with Gasteiger partial charge in [-0.2, -0.15) is 4.98 Å². The average molecular weight is 429 g/mol. The Morgan fingerprint density at radius 3 is 2.67 bits per heavy atom. The lowest BCUT2D eigenvalue weighted by Crippen LogP contribution is -2.36. The van der Waals surface area contributed by atoms with Crippen LogP contribution in [0.3, 0.4) is 0 Å². The smallest absolute Gasteiger partial charge is 0.341 e. The number of carbonyl (C=O) groups is 1. The van der Waals surface area contributed by atoms with Crippen LogP contribution in [0.4, 0.5) is 0 Å². The van der Waals surface area contributed by atoms with Crippen LogP contribution in [0.2, 0.25) is 0 Å². The van der Waals surface area contributed by atoms with E-state index in [2.05, 4.69) is 38.2 Å². The molecule has 7 heteroatoms. The van der Waals surface area contributed by atoms with E-state index in [4.69, 9.17) is 14.4 Å². The number of ether oxygens (including phenoxy) is 1. The summed E-state index contributed by atoms with van der Waals surface area (Å²) in [5.41, 5.74) is 1.52. The van der Waals surface area contributed by atoms with Gasteiger partial charge in [-0.25, -0.2) is 4.79 Å². The van der Waals surface area contributed by atoms with E-state index in [1.54, 1.807) is 18.2 Å². The molecule has 0 radical (unpaired) electrons. The minimum atomic E-state index is -1.05. The van der Waals surface area contributed by atoms with E-state index in [0.717, 1.165) is 23.7 Å². The number of hydrogen-bond acceptors (Lipinski definition) is 5. The molecule has 0 aliphatic heterocycles. The molecule has 0 amide bonds. The fourth-order valence-corrected chi connectivity index (χ4v) is 3.75. The maximum absolute atomic E-state index is 10.8. The lowest BCUT2D eigenvalue weighted by Gasteiger charge is -2.39. The van der Waals surface area contributed by atoms with Gasteiger partial charge in [0, 0.05) is 4.47 Å². The molecule has 0 bridgehead atoms. The van der Waals surface area contributed by atoms with Crippen molar-refractivity contribution in [1.82, 2.24) is 10.1 Å². The Bertz CT molecular complexity index is 967. The van der Waals surface area contributed by atoms with Gasteiger partial charge in [0.2, 0.25) is 0 Å². The van der Waals surface area contributed by atoms with E-state index >= 15 is 0 Å². The van der Waals surface area contributed by atoms with Crippen molar-refractivity contribution in [3.05, 3.63) is 64.4 Å². The number of aromatic nitrogens is 2. The fraction of sp³-hybridized carbons (Fsp3) is 0.250. The molecule has 2 aromatic carbocycles. The predicted molar refractivity (Wildman–Crippen MR) is 102 cm³/mol. The molecule has 1 aromatic heterocycles. The standard InChI is InChI=1S/C20H17BrN2O4/c21-14-7-8-16(26-12-17(24)25)15(11-14)18-22-19(23-27-18)20(9-4-10-20)13-5-2-1-3-6-13/h1-3,5-8,11H,4,9-10,12H2,(H,24,25). The molecule has 0 spiro atoms. The summed E-state index contributed by atoms with van der Waals surface area (Å²) in [4.78, 5) is 15.5. The number of benzene rings is 2. The number of aliphatic carboxylic acids is 1. The third-order valence-corrected chi connectivity index (χ3v) is 5.40. The highest BCUT2D eigenvalue weighted by molar-refractivity contribution is 9.10. The first-order chi connectivity index (χ1) is 13.1. The van der Waals surface area contributed by atoms with Crippen LogP contribution in [-0.4, -0.2) is 27.8 Å². The van der Waals surface area contributed by atoms with E-state index < -0.39 is 12.6 Å². The summed E-state index contributed by atoms with van der Waals surface area (Å²) in [6.07, 6.45) is 3.05. The average Bonchev–Trinajstić information content (AvgIpc) is 3.10. The quantitative estimate of drug-likeness (QED) is 0.624. The van der Waals surface area contributed by atoms with Crippen molar-refractivity contribution in [3.63, 3.8) is 0 Å². The first-order valence-electron chi connectivity index (χ1n) is 8.63. The number of rotatable bonds is 6. The summed E-state index contributed by atoms with van der Waals surface area (Å²) in [5, 5.41) is 13.1. The summed E-state index contributed by atoms with van der Waals surface area (Å²) in [6.45, 7) is -0.441. The minimum absolute atomic E-state index is 0.225. The van der Waals surface area contributed by atoms with Crippen molar-refractivity contribution in [2.75, 3.05) is 6.61 Å². The van der Waals surface area contributed by atoms with Crippen LogP contribution >= 0.6 is 15.9 Å². The zero-order chi connectivity index (χ0) is 18.9. The van der Waals surface area contributed by atoms with Gasteiger partial charge in [0.15, 0.2) is 12.4 Å². The van der Waals surface area contributed by atoms with Crippen molar-refractivity contribution in [2.24, 2.45) is 0 Å². The number of nitrogens with zero attached hydrogens (tertiary/aromatic N) is 2. The van der Waals surface area contributed by atoms with Crippen LogP contribution in [-0.2, 0) is 10.2 Å². The molecule has 1 saturated carbocycles. The van der Waals surface area contributed by atoms with Gasteiger partial charge in [-0.05, 0) is 36.6 Å². The normalized spacial score (nSPS) is 15.1. The molecule has 0 unspecified atom stereocenters. The molecule has 0 atom stereocenters. The number of halogens is 1. The van der Waals surface area contributed by atoms with E-state index in [9.17, 15) is 4.79 Å². The van der Waals surface area contributed by atoms with Gasteiger partial charge < -0.3 is 14.4 Å². The Morgan fingerprint density at radius 2 is 2.00 bits per heavy atom. The molecular weight excluding hydrogens is 412 g/mol. The summed E-state index contributed by atoms with van der Waals surface area (Å²) in [7, 11) is 0. The zero-order valence-corrected chi connectivity index (χ0v) is 16.0. The van der Waals surface area contributed by atoms with Crippen LogP contribution in [0.1, 0.15) is 30.7 Å². The molecule has 1 aliphatic rings. The minimum Gasteiger partial charge on any atom is -0.481 e. The summed E-state index contributed by atoms with van der Waals surface area (Å²) >= 11 is 3.42. The first-order valence-corrected chi connectivity index (χ1v) is 9.42. The molecule has 1 heterocycles. The monoisotopic (exact) mass is 428 g/mol. The zero-order valence-electron chi connectivity index (χ0n) is 14.4. The van der Waals surface area contributed by atoms with E-state index in [1.807, 2.05) is 18.2 Å². The van der Waals surface area contributed by atoms with Crippen molar-refractivity contribution in [3.8, 4) is 17.2 Å². The number of hydrogen-bond donors (Lipinski definition) is 1. The highest BCUT2D eigenvalue weighted by Crippen LogP contribution is 2.48. The Morgan fingerprint density at radius 1 is 1.22 bits per heavy atom. The van der Waals surface area contributed by atoms with Gasteiger partial charge in [0.1, 0.15) is 5.75 Å². The fourth-order valence-electron chi connectivity index (χ4n) is 3.39. The highest BCUT2D eigenvalue weighted by Gasteiger charge is 2.44. The van der Waals surface area contributed by atoms with Crippen LogP contribution in [0.5, 0.6) is 5.75 Å².